The summed E-state index contributed by atoms with van der Waals surface area (Å²) < 4.78 is 5.16. The van der Waals surface area contributed by atoms with Gasteiger partial charge in [0.05, 0.1) is 11.7 Å². The van der Waals surface area contributed by atoms with Gasteiger partial charge in [-0.1, -0.05) is 13.8 Å². The molecule has 3 heteroatoms. The molecule has 1 aliphatic rings. The molecule has 0 bridgehead atoms. The van der Waals surface area contributed by atoms with Crippen LogP contribution in [0.3, 0.4) is 0 Å². The van der Waals surface area contributed by atoms with Crippen LogP contribution < -0.4 is 0 Å². The largest absolute Gasteiger partial charge is 0.387 e. The lowest BCUT2D eigenvalue weighted by Crippen LogP contribution is -2.65. The van der Waals surface area contributed by atoms with Gasteiger partial charge in [-0.25, -0.2) is 0 Å². The fourth-order valence-electron chi connectivity index (χ4n) is 1.66. The lowest BCUT2D eigenvalue weighted by molar-refractivity contribution is -0.136. The molecule has 1 atom stereocenters. The summed E-state index contributed by atoms with van der Waals surface area (Å²) in [5, 5.41) is 9.96. The molecule has 0 aromatic rings. The van der Waals surface area contributed by atoms with E-state index in [-0.39, 0.29) is 6.10 Å². The van der Waals surface area contributed by atoms with Gasteiger partial charge in [-0.05, 0) is 12.8 Å². The molecule has 13 heavy (non-hydrogen) atoms. The second-order valence-electron chi connectivity index (χ2n) is 4.47. The van der Waals surface area contributed by atoms with Crippen LogP contribution in [0.2, 0.25) is 0 Å². The fraction of sp³-hybridized carbons (Fsp3) is 1.00. The molecule has 0 amide bonds. The third kappa shape index (κ3) is 2.42. The SMILES string of the molecule is COC(C)CN1CC(O)(C(C)C)C1. The van der Waals surface area contributed by atoms with E-state index in [0.717, 1.165) is 19.6 Å². The Hall–Kier alpha value is -0.120. The average molecular weight is 187 g/mol. The van der Waals surface area contributed by atoms with Crippen molar-refractivity contribution in [2.75, 3.05) is 26.7 Å². The topological polar surface area (TPSA) is 32.7 Å². The van der Waals surface area contributed by atoms with Crippen molar-refractivity contribution in [2.45, 2.75) is 32.5 Å². The second kappa shape index (κ2) is 3.95. The van der Waals surface area contributed by atoms with Crippen LogP contribution in [0.25, 0.3) is 0 Å². The zero-order valence-electron chi connectivity index (χ0n) is 9.08. The van der Waals surface area contributed by atoms with Crippen molar-refractivity contribution in [3.05, 3.63) is 0 Å². The molecule has 0 spiro atoms. The molecule has 1 heterocycles. The van der Waals surface area contributed by atoms with Crippen LogP contribution >= 0.6 is 0 Å². The van der Waals surface area contributed by atoms with Gasteiger partial charge in [-0.15, -0.1) is 0 Å². The first-order valence-corrected chi connectivity index (χ1v) is 4.95. The highest BCUT2D eigenvalue weighted by molar-refractivity contribution is 4.97. The number of likely N-dealkylation sites (tertiary alicyclic amines) is 1. The minimum atomic E-state index is -0.451. The van der Waals surface area contributed by atoms with Crippen LogP contribution in [0.5, 0.6) is 0 Å². The number of β-amino-alcohol motifs (C(OH)–C–C–N with tert-alkyl or cyclic N) is 1. The predicted molar refractivity (Wildman–Crippen MR) is 52.7 cm³/mol. The number of ether oxygens (including phenoxy) is 1. The molecule has 1 aliphatic heterocycles. The summed E-state index contributed by atoms with van der Waals surface area (Å²) in [5.74, 6) is 0.349. The average Bonchev–Trinajstić information content (AvgIpc) is 2.00. The predicted octanol–water partition coefficient (Wildman–Crippen LogP) is 0.724. The first-order valence-electron chi connectivity index (χ1n) is 4.95. The molecular formula is C10H21NO2. The monoisotopic (exact) mass is 187 g/mol. The zero-order chi connectivity index (χ0) is 10.1. The van der Waals surface area contributed by atoms with Crippen molar-refractivity contribution in [3.63, 3.8) is 0 Å². The third-order valence-corrected chi connectivity index (χ3v) is 2.99. The highest BCUT2D eigenvalue weighted by Gasteiger charge is 2.43. The minimum Gasteiger partial charge on any atom is -0.387 e. The van der Waals surface area contributed by atoms with E-state index in [1.54, 1.807) is 7.11 Å². The van der Waals surface area contributed by atoms with Crippen molar-refractivity contribution >= 4 is 0 Å². The van der Waals surface area contributed by atoms with Gasteiger partial charge in [-0.3, -0.25) is 4.90 Å². The molecule has 0 aliphatic carbocycles. The molecule has 78 valence electrons. The van der Waals surface area contributed by atoms with Crippen LogP contribution in [0.15, 0.2) is 0 Å². The van der Waals surface area contributed by atoms with Gasteiger partial charge in [0.15, 0.2) is 0 Å². The first-order chi connectivity index (χ1) is 5.98. The molecular weight excluding hydrogens is 166 g/mol. The Balaban J connectivity index is 2.25. The Bertz CT molecular complexity index is 164. The Morgan fingerprint density at radius 1 is 1.38 bits per heavy atom. The van der Waals surface area contributed by atoms with Crippen molar-refractivity contribution in [1.29, 1.82) is 0 Å². The van der Waals surface area contributed by atoms with Gasteiger partial charge in [0.25, 0.3) is 0 Å². The maximum Gasteiger partial charge on any atom is 0.0922 e. The highest BCUT2D eigenvalue weighted by Crippen LogP contribution is 2.28. The Morgan fingerprint density at radius 3 is 2.31 bits per heavy atom. The smallest absolute Gasteiger partial charge is 0.0922 e. The van der Waals surface area contributed by atoms with Crippen molar-refractivity contribution in [2.24, 2.45) is 5.92 Å². The molecule has 1 rings (SSSR count). The Kier molecular flexibility index (Phi) is 3.33. The summed E-state index contributed by atoms with van der Waals surface area (Å²) in [6.07, 6.45) is 0.261. The molecule has 0 aromatic carbocycles. The van der Waals surface area contributed by atoms with Crippen LogP contribution in [0, 0.1) is 5.92 Å². The summed E-state index contributed by atoms with van der Waals surface area (Å²) in [4.78, 5) is 2.23. The van der Waals surface area contributed by atoms with Gasteiger partial charge in [0.1, 0.15) is 0 Å². The van der Waals surface area contributed by atoms with Crippen molar-refractivity contribution in [3.8, 4) is 0 Å². The van der Waals surface area contributed by atoms with Crippen LogP contribution in [0.1, 0.15) is 20.8 Å². The summed E-state index contributed by atoms with van der Waals surface area (Å²) in [6, 6.07) is 0. The van der Waals surface area contributed by atoms with E-state index in [1.807, 2.05) is 6.92 Å². The Labute approximate surface area is 80.7 Å². The number of rotatable bonds is 4. The molecule has 1 saturated heterocycles. The fourth-order valence-corrected chi connectivity index (χ4v) is 1.66. The standard InChI is InChI=1S/C10H21NO2/c1-8(2)10(12)6-11(7-10)5-9(3)13-4/h8-9,12H,5-7H2,1-4H3. The van der Waals surface area contributed by atoms with Gasteiger partial charge in [-0.2, -0.15) is 0 Å². The van der Waals surface area contributed by atoms with Gasteiger partial charge in [0.2, 0.25) is 0 Å². The van der Waals surface area contributed by atoms with Crippen LogP contribution in [-0.2, 0) is 4.74 Å². The number of nitrogens with zero attached hydrogens (tertiary/aromatic N) is 1. The molecule has 0 saturated carbocycles. The summed E-state index contributed by atoms with van der Waals surface area (Å²) in [5.41, 5.74) is -0.451. The lowest BCUT2D eigenvalue weighted by Gasteiger charge is -2.49. The molecule has 0 aromatic heterocycles. The van der Waals surface area contributed by atoms with E-state index >= 15 is 0 Å². The van der Waals surface area contributed by atoms with E-state index in [2.05, 4.69) is 18.7 Å². The molecule has 3 nitrogen and oxygen atoms in total. The quantitative estimate of drug-likeness (QED) is 0.704. The van der Waals surface area contributed by atoms with Crippen molar-refractivity contribution in [1.82, 2.24) is 4.90 Å². The second-order valence-corrected chi connectivity index (χ2v) is 4.47. The van der Waals surface area contributed by atoms with Gasteiger partial charge < -0.3 is 9.84 Å². The van der Waals surface area contributed by atoms with E-state index < -0.39 is 5.60 Å². The maximum absolute atomic E-state index is 9.96. The normalized spacial score (nSPS) is 24.5. The van der Waals surface area contributed by atoms with E-state index in [9.17, 15) is 5.11 Å². The van der Waals surface area contributed by atoms with E-state index in [1.165, 1.54) is 0 Å². The zero-order valence-corrected chi connectivity index (χ0v) is 9.08. The van der Waals surface area contributed by atoms with Gasteiger partial charge in [0, 0.05) is 26.7 Å². The summed E-state index contributed by atoms with van der Waals surface area (Å²) in [7, 11) is 1.72. The molecule has 1 fully saturated rings. The molecule has 1 unspecified atom stereocenters. The van der Waals surface area contributed by atoms with E-state index in [4.69, 9.17) is 4.74 Å². The highest BCUT2D eigenvalue weighted by atomic mass is 16.5. The number of aliphatic hydroxyl groups is 1. The number of hydrogen-bond donors (Lipinski definition) is 1. The van der Waals surface area contributed by atoms with Crippen molar-refractivity contribution < 1.29 is 9.84 Å². The third-order valence-electron chi connectivity index (χ3n) is 2.99. The van der Waals surface area contributed by atoms with Crippen LogP contribution in [0.4, 0.5) is 0 Å². The number of methoxy groups -OCH3 is 1. The lowest BCUT2D eigenvalue weighted by atomic mass is 9.83. The van der Waals surface area contributed by atoms with Crippen LogP contribution in [-0.4, -0.2) is 48.5 Å². The summed E-state index contributed by atoms with van der Waals surface area (Å²) in [6.45, 7) is 8.68. The van der Waals surface area contributed by atoms with Gasteiger partial charge >= 0.3 is 0 Å². The Morgan fingerprint density at radius 2 is 1.92 bits per heavy atom. The molecule has 0 radical (unpaired) electrons. The maximum atomic E-state index is 9.96. The molecule has 1 N–H and O–H groups in total. The summed E-state index contributed by atoms with van der Waals surface area (Å²) >= 11 is 0. The number of hydrogen-bond acceptors (Lipinski definition) is 3. The minimum absolute atomic E-state index is 0.261. The first kappa shape index (κ1) is 11.0. The van der Waals surface area contributed by atoms with E-state index in [0.29, 0.717) is 5.92 Å².